The molecule has 2 heterocycles. The zero-order chi connectivity index (χ0) is 19.5. The molecule has 0 saturated heterocycles. The third-order valence-corrected chi connectivity index (χ3v) is 5.62. The van der Waals surface area contributed by atoms with Gasteiger partial charge in [0, 0.05) is 34.2 Å². The van der Waals surface area contributed by atoms with E-state index in [9.17, 15) is 5.11 Å². The summed E-state index contributed by atoms with van der Waals surface area (Å²) >= 11 is 3.53. The lowest BCUT2D eigenvalue weighted by molar-refractivity contribution is -0.731. The van der Waals surface area contributed by atoms with Crippen LogP contribution in [0.15, 0.2) is 77.5 Å². The van der Waals surface area contributed by atoms with E-state index in [1.165, 1.54) is 5.56 Å². The van der Waals surface area contributed by atoms with Crippen LogP contribution in [-0.2, 0) is 6.42 Å². The van der Waals surface area contributed by atoms with Crippen LogP contribution in [0.3, 0.4) is 0 Å². The Kier molecular flexibility index (Phi) is 5.46. The summed E-state index contributed by atoms with van der Waals surface area (Å²) in [5, 5.41) is 16.3. The highest BCUT2D eigenvalue weighted by molar-refractivity contribution is 9.10. The zero-order valence-electron chi connectivity index (χ0n) is 15.6. The Bertz CT molecular complexity index is 986. The molecule has 2 aromatic carbocycles. The van der Waals surface area contributed by atoms with Crippen LogP contribution in [0.25, 0.3) is 5.70 Å². The van der Waals surface area contributed by atoms with Crippen molar-refractivity contribution in [3.05, 3.63) is 99.8 Å². The van der Waals surface area contributed by atoms with Gasteiger partial charge in [-0.15, -0.1) is 0 Å². The summed E-state index contributed by atoms with van der Waals surface area (Å²) in [5.74, 6) is 0.299. The molecule has 5 heteroatoms. The number of rotatable bonds is 4. The number of nitrogens with one attached hydrogen (secondary N) is 1. The fourth-order valence-corrected chi connectivity index (χ4v) is 3.92. The van der Waals surface area contributed by atoms with E-state index < -0.39 is 0 Å². The second-order valence-electron chi connectivity index (χ2n) is 6.96. The fraction of sp³-hybridized carbons (Fsp3) is 0.174. The number of phenolic OH excluding ortho intramolecular Hbond substituents is 1. The lowest BCUT2D eigenvalue weighted by Crippen LogP contribution is -2.89. The molecule has 0 aliphatic carbocycles. The molecule has 0 amide bonds. The lowest BCUT2D eigenvalue weighted by Gasteiger charge is -2.30. The van der Waals surface area contributed by atoms with E-state index in [0.717, 1.165) is 33.3 Å². The SMILES string of the molecule is CCc1ccc(C2=CC(c3cc(Br)ccc3O)[NH2+]C(c3cccnc3)N2)cc1. The maximum absolute atomic E-state index is 10.5. The smallest absolute Gasteiger partial charge is 0.188 e. The molecule has 142 valence electrons. The van der Waals surface area contributed by atoms with Gasteiger partial charge in [0.1, 0.15) is 11.8 Å². The van der Waals surface area contributed by atoms with E-state index >= 15 is 0 Å². The third kappa shape index (κ3) is 3.96. The number of halogens is 1. The molecule has 3 aromatic rings. The largest absolute Gasteiger partial charge is 0.507 e. The van der Waals surface area contributed by atoms with Crippen LogP contribution in [0.4, 0.5) is 0 Å². The molecule has 1 aliphatic rings. The van der Waals surface area contributed by atoms with Gasteiger partial charge in [-0.05, 0) is 47.9 Å². The first-order valence-corrected chi connectivity index (χ1v) is 10.2. The summed E-state index contributed by atoms with van der Waals surface area (Å²) in [7, 11) is 0. The van der Waals surface area contributed by atoms with Gasteiger partial charge in [-0.3, -0.25) is 4.98 Å². The molecule has 4 N–H and O–H groups in total. The average molecular weight is 437 g/mol. The second kappa shape index (κ2) is 8.17. The Morgan fingerprint density at radius 2 is 1.96 bits per heavy atom. The second-order valence-corrected chi connectivity index (χ2v) is 7.88. The number of quaternary nitrogens is 1. The van der Waals surface area contributed by atoms with E-state index in [1.54, 1.807) is 12.3 Å². The van der Waals surface area contributed by atoms with Gasteiger partial charge in [-0.2, -0.15) is 0 Å². The number of hydrogen-bond donors (Lipinski definition) is 3. The number of nitrogens with zero attached hydrogens (tertiary/aromatic N) is 1. The molecule has 1 aromatic heterocycles. The number of aryl methyl sites for hydroxylation is 1. The van der Waals surface area contributed by atoms with Gasteiger partial charge < -0.3 is 15.7 Å². The van der Waals surface area contributed by atoms with Gasteiger partial charge >= 0.3 is 0 Å². The number of nitrogens with two attached hydrogens (primary N) is 1. The number of pyridine rings is 1. The summed E-state index contributed by atoms with van der Waals surface area (Å²) in [4.78, 5) is 4.27. The van der Waals surface area contributed by atoms with Crippen molar-refractivity contribution in [2.75, 3.05) is 0 Å². The van der Waals surface area contributed by atoms with Crippen LogP contribution < -0.4 is 10.6 Å². The first kappa shape index (κ1) is 18.7. The Morgan fingerprint density at radius 3 is 2.68 bits per heavy atom. The van der Waals surface area contributed by atoms with Crippen molar-refractivity contribution >= 4 is 21.6 Å². The molecule has 2 unspecified atom stereocenters. The van der Waals surface area contributed by atoms with Crippen molar-refractivity contribution in [1.82, 2.24) is 10.3 Å². The molecule has 4 nitrogen and oxygen atoms in total. The molecule has 2 atom stereocenters. The Morgan fingerprint density at radius 1 is 1.14 bits per heavy atom. The average Bonchev–Trinajstić information content (AvgIpc) is 2.76. The Balaban J connectivity index is 1.75. The molecular weight excluding hydrogens is 414 g/mol. The van der Waals surface area contributed by atoms with Crippen LogP contribution in [-0.4, -0.2) is 10.1 Å². The number of aromatic nitrogens is 1. The molecule has 4 rings (SSSR count). The first-order chi connectivity index (χ1) is 13.6. The number of benzene rings is 2. The van der Waals surface area contributed by atoms with Crippen molar-refractivity contribution in [3.63, 3.8) is 0 Å². The maximum Gasteiger partial charge on any atom is 0.188 e. The van der Waals surface area contributed by atoms with Crippen molar-refractivity contribution in [2.24, 2.45) is 0 Å². The van der Waals surface area contributed by atoms with Gasteiger partial charge in [-0.25, -0.2) is 0 Å². The molecule has 0 bridgehead atoms. The normalized spacial score (nSPS) is 19.0. The standard InChI is InChI=1S/C23H22BrN3O/c1-2-15-5-7-16(8-6-15)20-13-21(19-12-18(24)9-10-22(19)28)27-23(26-20)17-4-3-11-25-14-17/h3-14,21,23,26-28H,2H2,1H3/p+1. The Labute approximate surface area is 173 Å². The highest BCUT2D eigenvalue weighted by Gasteiger charge is 2.29. The van der Waals surface area contributed by atoms with Crippen LogP contribution in [0.5, 0.6) is 5.75 Å². The van der Waals surface area contributed by atoms with Crippen LogP contribution in [0.1, 0.15) is 41.4 Å². The fourth-order valence-electron chi connectivity index (χ4n) is 3.55. The highest BCUT2D eigenvalue weighted by atomic mass is 79.9. The van der Waals surface area contributed by atoms with Crippen molar-refractivity contribution in [3.8, 4) is 5.75 Å². The summed E-state index contributed by atoms with van der Waals surface area (Å²) in [6, 6.07) is 18.2. The van der Waals surface area contributed by atoms with E-state index in [-0.39, 0.29) is 12.2 Å². The zero-order valence-corrected chi connectivity index (χ0v) is 17.2. The van der Waals surface area contributed by atoms with Gasteiger partial charge in [0.25, 0.3) is 0 Å². The number of aromatic hydroxyl groups is 1. The van der Waals surface area contributed by atoms with Crippen molar-refractivity contribution in [1.29, 1.82) is 0 Å². The predicted octanol–water partition coefficient (Wildman–Crippen LogP) is 4.06. The minimum Gasteiger partial charge on any atom is -0.507 e. The molecule has 0 fully saturated rings. The molecule has 0 spiro atoms. The molecule has 0 radical (unpaired) electrons. The van der Waals surface area contributed by atoms with E-state index in [0.29, 0.717) is 5.75 Å². The Hall–Kier alpha value is -2.63. The molecule has 1 aliphatic heterocycles. The summed E-state index contributed by atoms with van der Waals surface area (Å²) in [5.41, 5.74) is 5.49. The topological polar surface area (TPSA) is 61.8 Å². The summed E-state index contributed by atoms with van der Waals surface area (Å²) < 4.78 is 0.951. The van der Waals surface area contributed by atoms with Gasteiger partial charge in [-0.1, -0.05) is 47.1 Å². The minimum absolute atomic E-state index is 0.00272. The van der Waals surface area contributed by atoms with Crippen molar-refractivity contribution in [2.45, 2.75) is 25.6 Å². The first-order valence-electron chi connectivity index (χ1n) is 9.45. The summed E-state index contributed by atoms with van der Waals surface area (Å²) in [6.07, 6.45) is 6.87. The van der Waals surface area contributed by atoms with Gasteiger partial charge in [0.05, 0.1) is 5.56 Å². The monoisotopic (exact) mass is 436 g/mol. The van der Waals surface area contributed by atoms with Gasteiger partial charge in [0.2, 0.25) is 0 Å². The van der Waals surface area contributed by atoms with Crippen molar-refractivity contribution < 1.29 is 10.4 Å². The maximum atomic E-state index is 10.5. The quantitative estimate of drug-likeness (QED) is 0.577. The van der Waals surface area contributed by atoms with E-state index in [2.05, 4.69) is 74.9 Å². The molecule has 28 heavy (non-hydrogen) atoms. The van der Waals surface area contributed by atoms with Crippen LogP contribution in [0.2, 0.25) is 0 Å². The predicted molar refractivity (Wildman–Crippen MR) is 114 cm³/mol. The third-order valence-electron chi connectivity index (χ3n) is 5.12. The lowest BCUT2D eigenvalue weighted by atomic mass is 9.97. The number of phenols is 1. The van der Waals surface area contributed by atoms with E-state index in [4.69, 9.17) is 0 Å². The number of hydrogen-bond acceptors (Lipinski definition) is 3. The highest BCUT2D eigenvalue weighted by Crippen LogP contribution is 2.31. The molecular formula is C23H23BrN3O+. The van der Waals surface area contributed by atoms with Gasteiger partial charge in [0.15, 0.2) is 6.17 Å². The minimum atomic E-state index is -0.0233. The summed E-state index contributed by atoms with van der Waals surface area (Å²) in [6.45, 7) is 2.16. The molecule has 0 saturated carbocycles. The van der Waals surface area contributed by atoms with E-state index in [1.807, 2.05) is 24.4 Å². The van der Waals surface area contributed by atoms with Crippen LogP contribution >= 0.6 is 15.9 Å². The van der Waals surface area contributed by atoms with Crippen LogP contribution in [0, 0.1) is 0 Å².